The van der Waals surface area contributed by atoms with Gasteiger partial charge in [-0.2, -0.15) is 0 Å². The Morgan fingerprint density at radius 2 is 1.86 bits per heavy atom. The smallest absolute Gasteiger partial charge is 0.209 e. The van der Waals surface area contributed by atoms with Gasteiger partial charge in [-0.25, -0.2) is 13.6 Å². The van der Waals surface area contributed by atoms with Crippen LogP contribution in [0.4, 0.5) is 0 Å². The van der Waals surface area contributed by atoms with Gasteiger partial charge in [0.15, 0.2) is 0 Å². The average molecular weight is 213 g/mol. The molecule has 14 heavy (non-hydrogen) atoms. The average Bonchev–Trinajstić information content (AvgIpc) is 2.02. The highest BCUT2D eigenvalue weighted by atomic mass is 32.2. The Morgan fingerprint density at radius 1 is 1.29 bits per heavy atom. The molecule has 0 spiro atoms. The van der Waals surface area contributed by atoms with Gasteiger partial charge in [0.2, 0.25) is 10.0 Å². The first-order valence-corrected chi connectivity index (χ1v) is 6.23. The van der Waals surface area contributed by atoms with Crippen LogP contribution in [0.1, 0.15) is 12.5 Å². The maximum Gasteiger partial charge on any atom is 0.209 e. The highest BCUT2D eigenvalue weighted by Gasteiger charge is 2.11. The van der Waals surface area contributed by atoms with Crippen LogP contribution in [-0.2, 0) is 16.4 Å². The molecule has 1 rings (SSSR count). The van der Waals surface area contributed by atoms with E-state index in [0.717, 1.165) is 12.0 Å². The van der Waals surface area contributed by atoms with E-state index in [4.69, 9.17) is 5.14 Å². The van der Waals surface area contributed by atoms with E-state index in [-0.39, 0.29) is 11.7 Å². The Bertz CT molecular complexity index is 372. The maximum absolute atomic E-state index is 10.8. The van der Waals surface area contributed by atoms with Crippen molar-refractivity contribution in [1.82, 2.24) is 0 Å². The van der Waals surface area contributed by atoms with Gasteiger partial charge < -0.3 is 0 Å². The second kappa shape index (κ2) is 4.57. The summed E-state index contributed by atoms with van der Waals surface area (Å²) in [7, 11) is -3.34. The van der Waals surface area contributed by atoms with E-state index in [2.05, 4.69) is 0 Å². The quantitative estimate of drug-likeness (QED) is 0.815. The van der Waals surface area contributed by atoms with Crippen LogP contribution < -0.4 is 5.14 Å². The summed E-state index contributed by atoms with van der Waals surface area (Å²) in [6, 6.07) is 9.80. The van der Waals surface area contributed by atoms with Gasteiger partial charge in [-0.1, -0.05) is 37.3 Å². The van der Waals surface area contributed by atoms with Crippen LogP contribution in [0.2, 0.25) is 0 Å². The van der Waals surface area contributed by atoms with E-state index in [1.807, 2.05) is 37.3 Å². The third-order valence-corrected chi connectivity index (χ3v) is 2.98. The third kappa shape index (κ3) is 4.39. The van der Waals surface area contributed by atoms with Crippen LogP contribution in [0, 0.1) is 5.92 Å². The number of hydrogen-bond donors (Lipinski definition) is 1. The van der Waals surface area contributed by atoms with Gasteiger partial charge in [0.1, 0.15) is 0 Å². The monoisotopic (exact) mass is 213 g/mol. The lowest BCUT2D eigenvalue weighted by Gasteiger charge is -2.09. The summed E-state index contributed by atoms with van der Waals surface area (Å²) in [5.41, 5.74) is 1.14. The van der Waals surface area contributed by atoms with E-state index in [1.54, 1.807) is 0 Å². The number of hydrogen-bond acceptors (Lipinski definition) is 2. The predicted molar refractivity (Wildman–Crippen MR) is 57.3 cm³/mol. The van der Waals surface area contributed by atoms with Crippen molar-refractivity contribution in [2.45, 2.75) is 13.3 Å². The van der Waals surface area contributed by atoms with Crippen LogP contribution in [0.3, 0.4) is 0 Å². The molecule has 0 amide bonds. The van der Waals surface area contributed by atoms with Gasteiger partial charge in [0, 0.05) is 0 Å². The number of primary sulfonamides is 1. The fraction of sp³-hybridized carbons (Fsp3) is 0.400. The van der Waals surface area contributed by atoms with Gasteiger partial charge in [-0.3, -0.25) is 0 Å². The molecule has 78 valence electrons. The number of sulfonamides is 1. The first-order chi connectivity index (χ1) is 6.47. The predicted octanol–water partition coefficient (Wildman–Crippen LogP) is 1.15. The van der Waals surface area contributed by atoms with Crippen LogP contribution in [0.5, 0.6) is 0 Å². The van der Waals surface area contributed by atoms with Crippen molar-refractivity contribution in [2.75, 3.05) is 5.75 Å². The summed E-state index contributed by atoms with van der Waals surface area (Å²) in [6.45, 7) is 1.89. The summed E-state index contributed by atoms with van der Waals surface area (Å²) in [5, 5.41) is 4.96. The highest BCUT2D eigenvalue weighted by Crippen LogP contribution is 2.09. The number of nitrogens with two attached hydrogens (primary N) is 1. The van der Waals surface area contributed by atoms with Crippen molar-refractivity contribution < 1.29 is 8.42 Å². The van der Waals surface area contributed by atoms with E-state index >= 15 is 0 Å². The second-order valence-corrected chi connectivity index (χ2v) is 5.28. The molecular formula is C10H15NO2S. The van der Waals surface area contributed by atoms with E-state index in [1.165, 1.54) is 0 Å². The lowest BCUT2D eigenvalue weighted by atomic mass is 10.0. The van der Waals surface area contributed by atoms with Crippen molar-refractivity contribution in [2.24, 2.45) is 11.1 Å². The number of rotatable bonds is 4. The fourth-order valence-electron chi connectivity index (χ4n) is 1.47. The maximum atomic E-state index is 10.8. The highest BCUT2D eigenvalue weighted by molar-refractivity contribution is 7.89. The standard InChI is InChI=1S/C10H15NO2S/c1-9(8-14(11,12)13)7-10-5-3-2-4-6-10/h2-6,9H,7-8H2,1H3,(H2,11,12,13). The summed E-state index contributed by atoms with van der Waals surface area (Å²) in [6.07, 6.45) is 0.747. The minimum atomic E-state index is -3.34. The summed E-state index contributed by atoms with van der Waals surface area (Å²) < 4.78 is 21.6. The second-order valence-electron chi connectivity index (χ2n) is 3.62. The van der Waals surface area contributed by atoms with Crippen molar-refractivity contribution in [3.05, 3.63) is 35.9 Å². The molecule has 2 N–H and O–H groups in total. The molecule has 0 fully saturated rings. The molecule has 0 aromatic heterocycles. The van der Waals surface area contributed by atoms with E-state index in [9.17, 15) is 8.42 Å². The summed E-state index contributed by atoms with van der Waals surface area (Å²) in [5.74, 6) is 0.106. The molecule has 0 aliphatic carbocycles. The van der Waals surface area contributed by atoms with Crippen molar-refractivity contribution in [3.63, 3.8) is 0 Å². The Morgan fingerprint density at radius 3 is 2.36 bits per heavy atom. The largest absolute Gasteiger partial charge is 0.229 e. The fourth-order valence-corrected chi connectivity index (χ4v) is 2.38. The minimum absolute atomic E-state index is 0.0435. The van der Waals surface area contributed by atoms with Gasteiger partial charge in [0.05, 0.1) is 5.75 Å². The summed E-state index contributed by atoms with van der Waals surface area (Å²) >= 11 is 0. The molecule has 0 saturated carbocycles. The molecule has 0 heterocycles. The molecule has 0 bridgehead atoms. The molecule has 0 saturated heterocycles. The van der Waals surface area contributed by atoms with Gasteiger partial charge >= 0.3 is 0 Å². The molecule has 1 aromatic rings. The Kier molecular flexibility index (Phi) is 3.66. The number of benzene rings is 1. The van der Waals surface area contributed by atoms with E-state index < -0.39 is 10.0 Å². The molecule has 3 nitrogen and oxygen atoms in total. The van der Waals surface area contributed by atoms with Crippen LogP contribution in [0.15, 0.2) is 30.3 Å². The first-order valence-electron chi connectivity index (χ1n) is 4.52. The van der Waals surface area contributed by atoms with Gasteiger partial charge in [-0.15, -0.1) is 0 Å². The SMILES string of the molecule is CC(Cc1ccccc1)CS(N)(=O)=O. The Balaban J connectivity index is 2.54. The van der Waals surface area contributed by atoms with Crippen molar-refractivity contribution >= 4 is 10.0 Å². The van der Waals surface area contributed by atoms with Gasteiger partial charge in [-0.05, 0) is 17.9 Å². The Labute approximate surface area is 85.0 Å². The minimum Gasteiger partial charge on any atom is -0.229 e. The zero-order chi connectivity index (χ0) is 10.6. The van der Waals surface area contributed by atoms with Crippen molar-refractivity contribution in [1.29, 1.82) is 0 Å². The van der Waals surface area contributed by atoms with Gasteiger partial charge in [0.25, 0.3) is 0 Å². The molecule has 0 aliphatic rings. The molecular weight excluding hydrogens is 198 g/mol. The third-order valence-electron chi connectivity index (χ3n) is 1.94. The van der Waals surface area contributed by atoms with Crippen LogP contribution >= 0.6 is 0 Å². The molecule has 1 atom stereocenters. The zero-order valence-corrected chi connectivity index (χ0v) is 9.00. The molecule has 1 aromatic carbocycles. The lowest BCUT2D eigenvalue weighted by molar-refractivity contribution is 0.571. The van der Waals surface area contributed by atoms with Crippen LogP contribution in [0.25, 0.3) is 0 Å². The lowest BCUT2D eigenvalue weighted by Crippen LogP contribution is -2.22. The first kappa shape index (κ1) is 11.2. The topological polar surface area (TPSA) is 60.2 Å². The summed E-state index contributed by atoms with van der Waals surface area (Å²) in [4.78, 5) is 0. The van der Waals surface area contributed by atoms with Crippen molar-refractivity contribution in [3.8, 4) is 0 Å². The van der Waals surface area contributed by atoms with Crippen LogP contribution in [-0.4, -0.2) is 14.2 Å². The molecule has 0 radical (unpaired) electrons. The molecule has 4 heteroatoms. The Hall–Kier alpha value is -0.870. The molecule has 1 unspecified atom stereocenters. The normalized spacial score (nSPS) is 13.9. The van der Waals surface area contributed by atoms with E-state index in [0.29, 0.717) is 0 Å². The molecule has 0 aliphatic heterocycles. The zero-order valence-electron chi connectivity index (χ0n) is 8.18.